The smallest absolute Gasteiger partial charge is 0.269 e. The zero-order chi connectivity index (χ0) is 19.6. The Bertz CT molecular complexity index is 801. The van der Waals surface area contributed by atoms with Gasteiger partial charge in [-0.25, -0.2) is 0 Å². The van der Waals surface area contributed by atoms with Gasteiger partial charge >= 0.3 is 0 Å². The summed E-state index contributed by atoms with van der Waals surface area (Å²) in [5.74, 6) is 0.407. The summed E-state index contributed by atoms with van der Waals surface area (Å²) >= 11 is 6.01. The Morgan fingerprint density at radius 1 is 1.07 bits per heavy atom. The van der Waals surface area contributed by atoms with Crippen molar-refractivity contribution >= 4 is 29.5 Å². The van der Waals surface area contributed by atoms with Gasteiger partial charge < -0.3 is 4.74 Å². The Kier molecular flexibility index (Phi) is 7.89. The summed E-state index contributed by atoms with van der Waals surface area (Å²) in [7, 11) is 0. The number of carbonyl (C=O) groups is 2. The molecule has 0 radical (unpaired) electrons. The molecule has 0 heterocycles. The highest BCUT2D eigenvalue weighted by atomic mass is 35.5. The van der Waals surface area contributed by atoms with Gasteiger partial charge in [0, 0.05) is 16.7 Å². The van der Waals surface area contributed by atoms with Crippen molar-refractivity contribution in [3.05, 3.63) is 70.8 Å². The molecule has 2 amide bonds. The normalized spacial score (nSPS) is 10.8. The van der Waals surface area contributed by atoms with E-state index in [1.807, 2.05) is 6.07 Å². The lowest BCUT2D eigenvalue weighted by molar-refractivity contribution is -0.117. The summed E-state index contributed by atoms with van der Waals surface area (Å²) in [4.78, 5) is 23.9. The average molecular weight is 387 g/mol. The molecular formula is C21H23ClN2O3. The second-order valence-corrected chi connectivity index (χ2v) is 6.76. The number of nitrogens with one attached hydrogen (secondary N) is 2. The van der Waals surface area contributed by atoms with Gasteiger partial charge in [0.25, 0.3) is 11.8 Å². The van der Waals surface area contributed by atoms with E-state index in [0.717, 1.165) is 6.42 Å². The molecular weight excluding hydrogens is 364 g/mol. The maximum Gasteiger partial charge on any atom is 0.269 e. The SMILES string of the molecule is CC(C)CCOc1ccc(C(=O)NNC(=O)C=Cc2ccccc2Cl)cc1. The molecule has 2 aromatic carbocycles. The molecule has 0 atom stereocenters. The molecule has 0 aliphatic rings. The molecule has 0 unspecified atom stereocenters. The minimum Gasteiger partial charge on any atom is -0.494 e. The highest BCUT2D eigenvalue weighted by Gasteiger charge is 2.06. The van der Waals surface area contributed by atoms with Crippen LogP contribution in [0.2, 0.25) is 5.02 Å². The highest BCUT2D eigenvalue weighted by Crippen LogP contribution is 2.16. The molecule has 2 rings (SSSR count). The summed E-state index contributed by atoms with van der Waals surface area (Å²) in [6, 6.07) is 13.9. The molecule has 142 valence electrons. The number of amides is 2. The fourth-order valence-corrected chi connectivity index (χ4v) is 2.32. The number of rotatable bonds is 7. The van der Waals surface area contributed by atoms with Crippen molar-refractivity contribution in [3.8, 4) is 5.75 Å². The zero-order valence-electron chi connectivity index (χ0n) is 15.4. The lowest BCUT2D eigenvalue weighted by atomic mass is 10.1. The van der Waals surface area contributed by atoms with Gasteiger partial charge in [-0.15, -0.1) is 0 Å². The zero-order valence-corrected chi connectivity index (χ0v) is 16.1. The van der Waals surface area contributed by atoms with Crippen molar-refractivity contribution in [2.24, 2.45) is 5.92 Å². The van der Waals surface area contributed by atoms with Crippen LogP contribution in [-0.2, 0) is 4.79 Å². The number of benzene rings is 2. The number of halogens is 1. The van der Waals surface area contributed by atoms with E-state index in [1.54, 1.807) is 48.5 Å². The van der Waals surface area contributed by atoms with Crippen LogP contribution < -0.4 is 15.6 Å². The van der Waals surface area contributed by atoms with Crippen LogP contribution in [0.4, 0.5) is 0 Å². The Hall–Kier alpha value is -2.79. The van der Waals surface area contributed by atoms with Crippen LogP contribution in [0.5, 0.6) is 5.75 Å². The first-order valence-corrected chi connectivity index (χ1v) is 9.09. The largest absolute Gasteiger partial charge is 0.494 e. The first-order chi connectivity index (χ1) is 13.0. The molecule has 0 aromatic heterocycles. The van der Waals surface area contributed by atoms with Crippen molar-refractivity contribution in [1.29, 1.82) is 0 Å². The van der Waals surface area contributed by atoms with Crippen molar-refractivity contribution in [3.63, 3.8) is 0 Å². The molecule has 0 fully saturated rings. The summed E-state index contributed by atoms with van der Waals surface area (Å²) < 4.78 is 5.61. The monoisotopic (exact) mass is 386 g/mol. The van der Waals surface area contributed by atoms with Crippen molar-refractivity contribution in [2.75, 3.05) is 6.61 Å². The predicted molar refractivity (Wildman–Crippen MR) is 107 cm³/mol. The van der Waals surface area contributed by atoms with Gasteiger partial charge in [0.2, 0.25) is 0 Å². The topological polar surface area (TPSA) is 67.4 Å². The molecule has 27 heavy (non-hydrogen) atoms. The number of carbonyl (C=O) groups excluding carboxylic acids is 2. The summed E-state index contributed by atoms with van der Waals surface area (Å²) in [6.07, 6.45) is 3.84. The molecule has 0 aliphatic heterocycles. The molecule has 2 aromatic rings. The lowest BCUT2D eigenvalue weighted by Gasteiger charge is -2.09. The Morgan fingerprint density at radius 3 is 2.44 bits per heavy atom. The average Bonchev–Trinajstić information content (AvgIpc) is 2.65. The van der Waals surface area contributed by atoms with Gasteiger partial charge in [0.1, 0.15) is 5.75 Å². The Labute approximate surface area is 164 Å². The van der Waals surface area contributed by atoms with Gasteiger partial charge in [0.05, 0.1) is 6.61 Å². The van der Waals surface area contributed by atoms with Crippen LogP contribution >= 0.6 is 11.6 Å². The molecule has 2 N–H and O–H groups in total. The van der Waals surface area contributed by atoms with Gasteiger partial charge in [-0.3, -0.25) is 20.4 Å². The van der Waals surface area contributed by atoms with Crippen LogP contribution in [0.15, 0.2) is 54.6 Å². The maximum atomic E-state index is 12.1. The van der Waals surface area contributed by atoms with Crippen LogP contribution in [0.1, 0.15) is 36.2 Å². The van der Waals surface area contributed by atoms with Crippen LogP contribution in [0.3, 0.4) is 0 Å². The first-order valence-electron chi connectivity index (χ1n) is 8.71. The third kappa shape index (κ3) is 7.15. The lowest BCUT2D eigenvalue weighted by Crippen LogP contribution is -2.40. The second kappa shape index (κ2) is 10.4. The number of ether oxygens (including phenoxy) is 1. The van der Waals surface area contributed by atoms with Gasteiger partial charge in [-0.05, 0) is 54.3 Å². The summed E-state index contributed by atoms with van der Waals surface area (Å²) in [5, 5.41) is 0.543. The highest BCUT2D eigenvalue weighted by molar-refractivity contribution is 6.32. The second-order valence-electron chi connectivity index (χ2n) is 6.35. The van der Waals surface area contributed by atoms with E-state index < -0.39 is 11.8 Å². The van der Waals surface area contributed by atoms with Crippen LogP contribution in [0.25, 0.3) is 6.08 Å². The van der Waals surface area contributed by atoms with Crippen LogP contribution in [-0.4, -0.2) is 18.4 Å². The molecule has 0 bridgehead atoms. The van der Waals surface area contributed by atoms with Crippen molar-refractivity contribution in [1.82, 2.24) is 10.9 Å². The summed E-state index contributed by atoms with van der Waals surface area (Å²) in [6.45, 7) is 4.90. The molecule has 6 heteroatoms. The third-order valence-electron chi connectivity index (χ3n) is 3.70. The summed E-state index contributed by atoms with van der Waals surface area (Å²) in [5.41, 5.74) is 5.83. The number of hydrogen-bond donors (Lipinski definition) is 2. The molecule has 0 spiro atoms. The molecule has 0 saturated heterocycles. The quantitative estimate of drug-likeness (QED) is 0.552. The van der Waals surface area contributed by atoms with Crippen molar-refractivity contribution < 1.29 is 14.3 Å². The molecule has 5 nitrogen and oxygen atoms in total. The van der Waals surface area contributed by atoms with E-state index in [1.165, 1.54) is 6.08 Å². The Balaban J connectivity index is 1.81. The van der Waals surface area contributed by atoms with Crippen molar-refractivity contribution in [2.45, 2.75) is 20.3 Å². The van der Waals surface area contributed by atoms with E-state index in [9.17, 15) is 9.59 Å². The minimum atomic E-state index is -0.461. The molecule has 0 aliphatic carbocycles. The fraction of sp³-hybridized carbons (Fsp3) is 0.238. The predicted octanol–water partition coefficient (Wildman–Crippen LogP) is 4.24. The third-order valence-corrected chi connectivity index (χ3v) is 4.04. The number of hydrazine groups is 1. The molecule has 0 saturated carbocycles. The van der Waals surface area contributed by atoms with E-state index in [2.05, 4.69) is 24.7 Å². The van der Waals surface area contributed by atoms with Gasteiger partial charge in [-0.2, -0.15) is 0 Å². The van der Waals surface area contributed by atoms with E-state index in [4.69, 9.17) is 16.3 Å². The number of hydrogen-bond acceptors (Lipinski definition) is 3. The van der Waals surface area contributed by atoms with Gasteiger partial charge in [0.15, 0.2) is 0 Å². The standard InChI is InChI=1S/C21H23ClN2O3/c1-15(2)13-14-27-18-10-7-17(8-11-18)21(26)24-23-20(25)12-9-16-5-3-4-6-19(16)22/h3-12,15H,13-14H2,1-2H3,(H,23,25)(H,24,26). The first kappa shape index (κ1) is 20.5. The van der Waals surface area contributed by atoms with Crippen LogP contribution in [0, 0.1) is 5.92 Å². The Morgan fingerprint density at radius 2 is 1.78 bits per heavy atom. The van der Waals surface area contributed by atoms with Gasteiger partial charge in [-0.1, -0.05) is 43.6 Å². The van der Waals surface area contributed by atoms with E-state index in [0.29, 0.717) is 34.4 Å². The maximum absolute atomic E-state index is 12.1. The van der Waals surface area contributed by atoms with E-state index in [-0.39, 0.29) is 0 Å². The van der Waals surface area contributed by atoms with E-state index >= 15 is 0 Å². The fourth-order valence-electron chi connectivity index (χ4n) is 2.12. The minimum absolute atomic E-state index is 0.414.